The second-order valence-corrected chi connectivity index (χ2v) is 6.14. The zero-order valence-corrected chi connectivity index (χ0v) is 12.5. The molecule has 1 unspecified atom stereocenters. The third kappa shape index (κ3) is 4.07. The van der Waals surface area contributed by atoms with E-state index in [0.29, 0.717) is 25.2 Å². The number of carbonyl (C=O) groups is 1. The molecule has 0 aliphatic carbocycles. The van der Waals surface area contributed by atoms with Gasteiger partial charge in [-0.25, -0.2) is 9.18 Å². The number of phenolic OH excluding ortho intramolecular Hbond substituents is 1. The van der Waals surface area contributed by atoms with E-state index in [9.17, 15) is 14.3 Å². The molecule has 1 aliphatic heterocycles. The Morgan fingerprint density at radius 1 is 1.48 bits per heavy atom. The summed E-state index contributed by atoms with van der Waals surface area (Å²) in [5.41, 5.74) is 0.154. The lowest BCUT2D eigenvalue weighted by molar-refractivity contribution is 0.0195. The van der Waals surface area contributed by atoms with E-state index >= 15 is 0 Å². The number of nitrogens with zero attached hydrogens (tertiary/aromatic N) is 1. The Labute approximate surface area is 123 Å². The third-order valence-electron chi connectivity index (χ3n) is 3.20. The van der Waals surface area contributed by atoms with Gasteiger partial charge in [-0.2, -0.15) is 0 Å². The van der Waals surface area contributed by atoms with Crippen LogP contribution in [0.5, 0.6) is 5.75 Å². The summed E-state index contributed by atoms with van der Waals surface area (Å²) in [6, 6.07) is 4.07. The van der Waals surface area contributed by atoms with Gasteiger partial charge in [0.2, 0.25) is 0 Å². The van der Waals surface area contributed by atoms with Crippen LogP contribution in [-0.2, 0) is 4.74 Å². The van der Waals surface area contributed by atoms with Gasteiger partial charge in [0.15, 0.2) is 11.6 Å². The number of benzene rings is 1. The van der Waals surface area contributed by atoms with E-state index in [1.54, 1.807) is 11.0 Å². The van der Waals surface area contributed by atoms with Crippen molar-refractivity contribution in [3.05, 3.63) is 29.6 Å². The molecule has 1 aromatic rings. The van der Waals surface area contributed by atoms with E-state index < -0.39 is 11.4 Å². The molecule has 0 saturated carbocycles. The van der Waals surface area contributed by atoms with Crippen LogP contribution >= 0.6 is 0 Å². The maximum Gasteiger partial charge on any atom is 0.410 e. The molecule has 1 aromatic carbocycles. The Balaban J connectivity index is 2.06. The number of aromatic hydroxyl groups is 1. The summed E-state index contributed by atoms with van der Waals surface area (Å²) in [4.78, 5) is 13.7. The van der Waals surface area contributed by atoms with Gasteiger partial charge in [-0.3, -0.25) is 0 Å². The van der Waals surface area contributed by atoms with Crippen LogP contribution in [0.25, 0.3) is 0 Å². The van der Waals surface area contributed by atoms with E-state index in [0.717, 1.165) is 0 Å². The zero-order valence-electron chi connectivity index (χ0n) is 12.5. The van der Waals surface area contributed by atoms with Crippen molar-refractivity contribution in [2.75, 3.05) is 19.6 Å². The lowest BCUT2D eigenvalue weighted by Gasteiger charge is -2.35. The molecule has 116 valence electrons. The fraction of sp³-hybridized carbons (Fsp3) is 0.533. The van der Waals surface area contributed by atoms with Gasteiger partial charge in [-0.1, -0.05) is 6.07 Å². The van der Waals surface area contributed by atoms with Crippen molar-refractivity contribution in [3.8, 4) is 5.75 Å². The van der Waals surface area contributed by atoms with E-state index in [1.807, 2.05) is 20.8 Å². The molecule has 0 spiro atoms. The van der Waals surface area contributed by atoms with Crippen LogP contribution < -0.4 is 5.32 Å². The van der Waals surface area contributed by atoms with Crippen LogP contribution in [0.4, 0.5) is 9.18 Å². The fourth-order valence-corrected chi connectivity index (χ4v) is 2.21. The molecule has 0 aromatic heterocycles. The molecule has 1 heterocycles. The number of amides is 1. The lowest BCUT2D eigenvalue weighted by Crippen LogP contribution is -2.49. The van der Waals surface area contributed by atoms with Gasteiger partial charge in [0.05, 0.1) is 6.04 Å². The summed E-state index contributed by atoms with van der Waals surface area (Å²) in [5.74, 6) is -1.04. The highest BCUT2D eigenvalue weighted by atomic mass is 19.1. The third-order valence-corrected chi connectivity index (χ3v) is 3.20. The Morgan fingerprint density at radius 3 is 2.81 bits per heavy atom. The normalized spacial score (nSPS) is 19.4. The van der Waals surface area contributed by atoms with Gasteiger partial charge >= 0.3 is 6.09 Å². The Morgan fingerprint density at radius 2 is 2.19 bits per heavy atom. The van der Waals surface area contributed by atoms with Crippen molar-refractivity contribution in [3.63, 3.8) is 0 Å². The first-order valence-electron chi connectivity index (χ1n) is 6.96. The number of piperazine rings is 1. The van der Waals surface area contributed by atoms with Crippen molar-refractivity contribution < 1.29 is 19.0 Å². The fourth-order valence-electron chi connectivity index (χ4n) is 2.21. The smallest absolute Gasteiger partial charge is 0.410 e. The van der Waals surface area contributed by atoms with Crippen LogP contribution in [0.2, 0.25) is 0 Å². The first kappa shape index (κ1) is 15.6. The molecular formula is C15H21FN2O3. The number of nitrogens with one attached hydrogen (secondary N) is 1. The summed E-state index contributed by atoms with van der Waals surface area (Å²) in [6.45, 7) is 7.01. The first-order valence-corrected chi connectivity index (χ1v) is 6.96. The molecule has 2 rings (SSSR count). The maximum atomic E-state index is 13.4. The van der Waals surface area contributed by atoms with Crippen molar-refractivity contribution in [1.82, 2.24) is 10.2 Å². The van der Waals surface area contributed by atoms with Crippen LogP contribution in [0, 0.1) is 5.82 Å². The minimum Gasteiger partial charge on any atom is -0.505 e. The number of rotatable bonds is 1. The summed E-state index contributed by atoms with van der Waals surface area (Å²) in [7, 11) is 0. The predicted octanol–water partition coefficient (Wildman–Crippen LogP) is 2.41. The standard InChI is InChI=1S/C15H21FN2O3/c1-15(2,3)21-14(20)18-7-6-17-12(9-18)10-4-5-13(19)11(16)8-10/h4-5,8,12,17,19H,6-7,9H2,1-3H3. The molecule has 1 aliphatic rings. The van der Waals surface area contributed by atoms with Gasteiger partial charge in [-0.15, -0.1) is 0 Å². The van der Waals surface area contributed by atoms with Crippen LogP contribution in [0.3, 0.4) is 0 Å². The van der Waals surface area contributed by atoms with Gasteiger partial charge in [0, 0.05) is 19.6 Å². The number of phenols is 1. The minimum atomic E-state index is -0.663. The highest BCUT2D eigenvalue weighted by Gasteiger charge is 2.28. The zero-order chi connectivity index (χ0) is 15.6. The lowest BCUT2D eigenvalue weighted by atomic mass is 10.0. The molecule has 1 amide bonds. The number of carbonyl (C=O) groups excluding carboxylic acids is 1. The molecular weight excluding hydrogens is 275 g/mol. The number of ether oxygens (including phenoxy) is 1. The Kier molecular flexibility index (Phi) is 4.37. The van der Waals surface area contributed by atoms with Crippen molar-refractivity contribution in [1.29, 1.82) is 0 Å². The number of halogens is 1. The number of hydrogen-bond donors (Lipinski definition) is 2. The SMILES string of the molecule is CC(C)(C)OC(=O)N1CCNC(c2ccc(O)c(F)c2)C1. The predicted molar refractivity (Wildman–Crippen MR) is 76.6 cm³/mol. The van der Waals surface area contributed by atoms with Crippen LogP contribution in [-0.4, -0.2) is 41.3 Å². The van der Waals surface area contributed by atoms with Crippen molar-refractivity contribution in [2.24, 2.45) is 0 Å². The van der Waals surface area contributed by atoms with E-state index in [1.165, 1.54) is 12.1 Å². The van der Waals surface area contributed by atoms with Crippen LogP contribution in [0.15, 0.2) is 18.2 Å². The first-order chi connectivity index (χ1) is 9.76. The Hall–Kier alpha value is -1.82. The quantitative estimate of drug-likeness (QED) is 0.835. The molecule has 2 N–H and O–H groups in total. The summed E-state index contributed by atoms with van der Waals surface area (Å²) < 4.78 is 18.8. The molecule has 6 heteroatoms. The molecule has 1 saturated heterocycles. The van der Waals surface area contributed by atoms with Crippen molar-refractivity contribution in [2.45, 2.75) is 32.4 Å². The Bertz CT molecular complexity index is 528. The highest BCUT2D eigenvalue weighted by molar-refractivity contribution is 5.68. The van der Waals surface area contributed by atoms with Gasteiger partial charge in [0.1, 0.15) is 5.60 Å². The van der Waals surface area contributed by atoms with Crippen LogP contribution in [0.1, 0.15) is 32.4 Å². The molecule has 21 heavy (non-hydrogen) atoms. The summed E-state index contributed by atoms with van der Waals surface area (Å²) >= 11 is 0. The number of hydrogen-bond acceptors (Lipinski definition) is 4. The molecule has 0 bridgehead atoms. The average molecular weight is 296 g/mol. The minimum absolute atomic E-state index is 0.179. The van der Waals surface area contributed by atoms with Gasteiger partial charge < -0.3 is 20.1 Å². The van der Waals surface area contributed by atoms with E-state index in [2.05, 4.69) is 5.32 Å². The topological polar surface area (TPSA) is 61.8 Å². The summed E-state index contributed by atoms with van der Waals surface area (Å²) in [6.07, 6.45) is -0.367. The van der Waals surface area contributed by atoms with E-state index in [4.69, 9.17) is 4.74 Å². The average Bonchev–Trinajstić information content (AvgIpc) is 2.40. The second kappa shape index (κ2) is 5.89. The second-order valence-electron chi connectivity index (χ2n) is 6.14. The van der Waals surface area contributed by atoms with E-state index in [-0.39, 0.29) is 17.9 Å². The maximum absolute atomic E-state index is 13.4. The van der Waals surface area contributed by atoms with Gasteiger partial charge in [-0.05, 0) is 38.5 Å². The molecule has 0 radical (unpaired) electrons. The summed E-state index contributed by atoms with van der Waals surface area (Å²) in [5, 5.41) is 12.5. The van der Waals surface area contributed by atoms with Crippen molar-refractivity contribution >= 4 is 6.09 Å². The van der Waals surface area contributed by atoms with Gasteiger partial charge in [0.25, 0.3) is 0 Å². The molecule has 5 nitrogen and oxygen atoms in total. The largest absolute Gasteiger partial charge is 0.505 e. The monoisotopic (exact) mass is 296 g/mol. The molecule has 1 fully saturated rings. The molecule has 1 atom stereocenters. The highest BCUT2D eigenvalue weighted by Crippen LogP contribution is 2.23.